The van der Waals surface area contributed by atoms with Crippen LogP contribution in [0.2, 0.25) is 10.0 Å². The van der Waals surface area contributed by atoms with Crippen LogP contribution in [-0.4, -0.2) is 27.7 Å². The lowest BCUT2D eigenvalue weighted by Crippen LogP contribution is -2.50. The van der Waals surface area contributed by atoms with Gasteiger partial charge in [-0.3, -0.25) is 14.4 Å². The molecule has 0 unspecified atom stereocenters. The van der Waals surface area contributed by atoms with Crippen molar-refractivity contribution in [3.05, 3.63) is 140 Å². The molecule has 1 aliphatic heterocycles. The monoisotopic (exact) mass is 552 g/mol. The summed E-state index contributed by atoms with van der Waals surface area (Å²) in [6, 6.07) is 29.6. The highest BCUT2D eigenvalue weighted by Crippen LogP contribution is 2.61. The third-order valence-corrected chi connectivity index (χ3v) is 8.74. The first-order valence-electron chi connectivity index (χ1n) is 12.8. The summed E-state index contributed by atoms with van der Waals surface area (Å²) in [4.78, 5) is 42.5. The molecule has 39 heavy (non-hydrogen) atoms. The number of carbonyl (C=O) groups excluding carboxylic acids is 3. The summed E-state index contributed by atoms with van der Waals surface area (Å²) in [5.41, 5.74) is 5.40. The predicted octanol–water partition coefficient (Wildman–Crippen LogP) is 6.44. The average molecular weight is 553 g/mol. The molecule has 8 rings (SSSR count). The minimum Gasteiger partial charge on any atom is -0.272 e. The smallest absolute Gasteiger partial charge is 0.272 e. The molecule has 3 aliphatic carbocycles. The van der Waals surface area contributed by atoms with Crippen molar-refractivity contribution in [2.45, 2.75) is 18.4 Å². The van der Waals surface area contributed by atoms with Crippen molar-refractivity contribution >= 4 is 40.9 Å². The van der Waals surface area contributed by atoms with Crippen molar-refractivity contribution in [3.8, 4) is 0 Å². The molecule has 4 aliphatic rings. The molecule has 5 nitrogen and oxygen atoms in total. The van der Waals surface area contributed by atoms with E-state index in [0.29, 0.717) is 15.6 Å². The second kappa shape index (κ2) is 9.08. The fraction of sp³-hybridized carbons (Fsp3) is 0.156. The molecule has 4 aromatic rings. The molecule has 4 aromatic carbocycles. The van der Waals surface area contributed by atoms with E-state index in [9.17, 15) is 14.4 Å². The first-order chi connectivity index (χ1) is 18.9. The van der Waals surface area contributed by atoms with E-state index in [1.54, 1.807) is 48.5 Å². The molecule has 2 atom stereocenters. The normalized spacial score (nSPS) is 22.4. The van der Waals surface area contributed by atoms with E-state index in [1.807, 2.05) is 24.3 Å². The number of hydrogen-bond acceptors (Lipinski definition) is 3. The quantitative estimate of drug-likeness (QED) is 0.273. The summed E-state index contributed by atoms with van der Waals surface area (Å²) in [6.45, 7) is 0.0325. The fourth-order valence-corrected chi connectivity index (χ4v) is 6.89. The van der Waals surface area contributed by atoms with Gasteiger partial charge < -0.3 is 0 Å². The Labute approximate surface area is 235 Å². The number of carbonyl (C=O) groups is 3. The van der Waals surface area contributed by atoms with Gasteiger partial charge in [0.1, 0.15) is 0 Å². The molecular formula is C32H22Cl2N2O3. The molecule has 0 spiro atoms. The largest absolute Gasteiger partial charge is 0.273 e. The third kappa shape index (κ3) is 3.64. The summed E-state index contributed by atoms with van der Waals surface area (Å²) < 4.78 is 0. The van der Waals surface area contributed by atoms with Gasteiger partial charge in [-0.2, -0.15) is 5.01 Å². The van der Waals surface area contributed by atoms with Crippen LogP contribution in [0.1, 0.15) is 50.0 Å². The molecule has 192 valence electrons. The maximum Gasteiger partial charge on any atom is 0.273 e. The van der Waals surface area contributed by atoms with Crippen molar-refractivity contribution < 1.29 is 14.4 Å². The van der Waals surface area contributed by atoms with Crippen LogP contribution in [0.5, 0.6) is 0 Å². The van der Waals surface area contributed by atoms with Crippen LogP contribution in [0.3, 0.4) is 0 Å². The van der Waals surface area contributed by atoms with Gasteiger partial charge in [0.15, 0.2) is 0 Å². The summed E-state index contributed by atoms with van der Waals surface area (Å²) in [6.07, 6.45) is 0. The molecule has 1 fully saturated rings. The molecule has 0 aromatic heterocycles. The van der Waals surface area contributed by atoms with Crippen molar-refractivity contribution in [1.82, 2.24) is 10.0 Å². The van der Waals surface area contributed by atoms with Crippen LogP contribution in [0, 0.1) is 11.8 Å². The number of amides is 3. The molecule has 2 bridgehead atoms. The molecule has 3 amide bonds. The van der Waals surface area contributed by atoms with Crippen molar-refractivity contribution in [2.24, 2.45) is 11.8 Å². The van der Waals surface area contributed by atoms with E-state index >= 15 is 0 Å². The van der Waals surface area contributed by atoms with Crippen LogP contribution in [0.4, 0.5) is 0 Å². The van der Waals surface area contributed by atoms with E-state index in [0.717, 1.165) is 32.8 Å². The topological polar surface area (TPSA) is 57.7 Å². The minimum atomic E-state index is -0.585. The lowest BCUT2D eigenvalue weighted by atomic mass is 9.55. The number of halogens is 2. The standard InChI is InChI=1S/C32H22Cl2N2O3/c33-20-13-9-18(10-14-20)17-35(30(37)19-11-15-21(34)16-12-19)36-31(38)28-26-22-5-1-2-6-23(22)27(29(28)32(36)39)25-8-4-3-7-24(25)26/h1-16,26-29H,17H2/t26?,27?,28-,29-/m1/s1. The number of rotatable bonds is 4. The summed E-state index contributed by atoms with van der Waals surface area (Å²) in [5, 5.41) is 3.44. The lowest BCUT2D eigenvalue weighted by molar-refractivity contribution is -0.155. The predicted molar refractivity (Wildman–Crippen MR) is 148 cm³/mol. The Morgan fingerprint density at radius 1 is 0.641 bits per heavy atom. The van der Waals surface area contributed by atoms with E-state index in [2.05, 4.69) is 24.3 Å². The molecule has 0 radical (unpaired) electrons. The first kappa shape index (κ1) is 24.1. The highest BCUT2D eigenvalue weighted by molar-refractivity contribution is 6.31. The number of hydrazine groups is 1. The zero-order valence-electron chi connectivity index (χ0n) is 20.6. The number of hydrogen-bond donors (Lipinski definition) is 0. The molecule has 0 N–H and O–H groups in total. The SMILES string of the molecule is O=C(c1ccc(Cl)cc1)N(Cc1ccc(Cl)cc1)N1C(=O)[C@@H]2C3c4ccccc4C(c4ccccc43)[C@H]2C1=O. The van der Waals surface area contributed by atoms with Gasteiger partial charge in [-0.25, -0.2) is 5.01 Å². The Kier molecular flexibility index (Phi) is 5.62. The fourth-order valence-electron chi connectivity index (χ4n) is 6.64. The van der Waals surface area contributed by atoms with E-state index in [1.165, 1.54) is 5.01 Å². The van der Waals surface area contributed by atoms with Gasteiger partial charge in [-0.05, 0) is 64.2 Å². The Bertz CT molecular complexity index is 1540. The van der Waals surface area contributed by atoms with Gasteiger partial charge in [0.05, 0.1) is 18.4 Å². The van der Waals surface area contributed by atoms with Crippen LogP contribution in [0.15, 0.2) is 97.1 Å². The third-order valence-electron chi connectivity index (χ3n) is 8.24. The van der Waals surface area contributed by atoms with Gasteiger partial charge in [0, 0.05) is 27.4 Å². The average Bonchev–Trinajstić information content (AvgIpc) is 3.23. The number of imide groups is 1. The van der Waals surface area contributed by atoms with Gasteiger partial charge in [-0.1, -0.05) is 83.9 Å². The van der Waals surface area contributed by atoms with Crippen LogP contribution in [0.25, 0.3) is 0 Å². The van der Waals surface area contributed by atoms with E-state index in [-0.39, 0.29) is 30.2 Å². The maximum absolute atomic E-state index is 14.3. The van der Waals surface area contributed by atoms with E-state index < -0.39 is 17.7 Å². The summed E-state index contributed by atoms with van der Waals surface area (Å²) in [5.74, 6) is -2.82. The van der Waals surface area contributed by atoms with Crippen molar-refractivity contribution in [3.63, 3.8) is 0 Å². The molecule has 7 heteroatoms. The minimum absolute atomic E-state index is 0.0325. The summed E-state index contributed by atoms with van der Waals surface area (Å²) in [7, 11) is 0. The van der Waals surface area contributed by atoms with Crippen LogP contribution >= 0.6 is 23.2 Å². The second-order valence-electron chi connectivity index (χ2n) is 10.2. The molecule has 1 heterocycles. The van der Waals surface area contributed by atoms with Crippen molar-refractivity contribution in [2.75, 3.05) is 0 Å². The summed E-state index contributed by atoms with van der Waals surface area (Å²) >= 11 is 12.2. The number of benzene rings is 4. The Hall–Kier alpha value is -3.93. The van der Waals surface area contributed by atoms with Crippen molar-refractivity contribution in [1.29, 1.82) is 0 Å². The lowest BCUT2D eigenvalue weighted by Gasteiger charge is -2.45. The van der Waals surface area contributed by atoms with Gasteiger partial charge in [0.2, 0.25) is 0 Å². The van der Waals surface area contributed by atoms with Crippen LogP contribution in [-0.2, 0) is 16.1 Å². The van der Waals surface area contributed by atoms with E-state index in [4.69, 9.17) is 23.2 Å². The Morgan fingerprint density at radius 2 is 1.05 bits per heavy atom. The van der Waals surface area contributed by atoms with Gasteiger partial charge >= 0.3 is 0 Å². The van der Waals surface area contributed by atoms with Gasteiger partial charge in [-0.15, -0.1) is 0 Å². The molecule has 0 saturated carbocycles. The number of nitrogens with zero attached hydrogens (tertiary/aromatic N) is 2. The van der Waals surface area contributed by atoms with Gasteiger partial charge in [0.25, 0.3) is 17.7 Å². The Balaban J connectivity index is 1.35. The van der Waals surface area contributed by atoms with Crippen LogP contribution < -0.4 is 0 Å². The highest BCUT2D eigenvalue weighted by Gasteiger charge is 2.63. The molecule has 1 saturated heterocycles. The Morgan fingerprint density at radius 3 is 1.49 bits per heavy atom. The zero-order chi connectivity index (χ0) is 26.8. The maximum atomic E-state index is 14.3. The first-order valence-corrected chi connectivity index (χ1v) is 13.6. The second-order valence-corrected chi connectivity index (χ2v) is 11.1. The zero-order valence-corrected chi connectivity index (χ0v) is 22.1. The molecular weight excluding hydrogens is 531 g/mol. The highest BCUT2D eigenvalue weighted by atomic mass is 35.5.